The fourth-order valence-corrected chi connectivity index (χ4v) is 10.6. The molecule has 4 heterocycles. The summed E-state index contributed by atoms with van der Waals surface area (Å²) >= 11 is 3.05. The van der Waals surface area contributed by atoms with Crippen molar-refractivity contribution in [3.8, 4) is 20.9 Å². The highest BCUT2D eigenvalue weighted by Crippen LogP contribution is 2.39. The third-order valence-corrected chi connectivity index (χ3v) is 14.9. The number of nitrogens with zero attached hydrogens (tertiary/aromatic N) is 4. The number of carbonyl (C=O) groups is 4. The van der Waals surface area contributed by atoms with Gasteiger partial charge in [0.05, 0.1) is 32.1 Å². The number of thiazole rings is 2. The van der Waals surface area contributed by atoms with E-state index in [2.05, 4.69) is 31.2 Å². The smallest absolute Gasteiger partial charge is 0.363 e. The number of hydrogen-bond acceptors (Lipinski definition) is 12. The number of rotatable bonds is 14. The van der Waals surface area contributed by atoms with E-state index in [1.165, 1.54) is 11.3 Å². The van der Waals surface area contributed by atoms with E-state index in [1.54, 1.807) is 93.0 Å². The lowest BCUT2D eigenvalue weighted by Crippen LogP contribution is -2.57. The van der Waals surface area contributed by atoms with Gasteiger partial charge in [-0.3, -0.25) is 9.80 Å². The Bertz CT molecular complexity index is 2920. The van der Waals surface area contributed by atoms with E-state index >= 15 is 0 Å². The zero-order valence-corrected chi connectivity index (χ0v) is 40.6. The molecule has 4 N–H and O–H groups in total. The molecule has 22 heteroatoms. The number of ether oxygens (including phenoxy) is 2. The van der Waals surface area contributed by atoms with Gasteiger partial charge in [0.15, 0.2) is 23.3 Å². The molecule has 378 valence electrons. The van der Waals surface area contributed by atoms with Crippen LogP contribution in [0.2, 0.25) is 0 Å². The highest BCUT2D eigenvalue weighted by Gasteiger charge is 2.43. The maximum absolute atomic E-state index is 14.0. The molecule has 4 aromatic carbocycles. The molecule has 0 aliphatic carbocycles. The Kier molecular flexibility index (Phi) is 15.9. The second-order valence-corrected chi connectivity index (χ2v) is 19.7. The number of halogens is 6. The Morgan fingerprint density at radius 2 is 1.14 bits per heavy atom. The Morgan fingerprint density at radius 3 is 1.65 bits per heavy atom. The topological polar surface area (TPSA) is 167 Å². The van der Waals surface area contributed by atoms with Crippen molar-refractivity contribution in [1.82, 2.24) is 19.8 Å². The monoisotopic (exact) mass is 1030 g/mol. The molecule has 2 aromatic heterocycles. The van der Waals surface area contributed by atoms with Gasteiger partial charge >= 0.3 is 24.0 Å². The maximum atomic E-state index is 14.0. The Labute approximate surface area is 417 Å². The number of carbonyl (C=O) groups excluding carboxylic acids is 4. The molecule has 1 atom stereocenters. The molecule has 8 rings (SSSR count). The summed E-state index contributed by atoms with van der Waals surface area (Å²) in [5.41, 5.74) is 0.0594. The molecule has 0 bridgehead atoms. The standard InChI is InChI=1S/C50H48F6N8O6S2/c1-4-69-46(65)45(63-17-13-29(14-18-63)43-57-25-40(71-43)28-7-11-33(12-8-28)60-49(68)62-42-37(55)21-31(51)22-38(42)56)70-47(66)50(2,3)64-19-15-30(16-20-64)44-58-26-41(72-44)27-5-9-32(10-6-27)59-48(67)61-39-24-35(53)34(52)23-36(39)54/h5-12,21-26,29-30,45H,4,13-20H2,1-3H3,(H2,59,61,67)(H2,60,62,68). The number of hydrogen-bond donors (Lipinski definition) is 4. The van der Waals surface area contributed by atoms with Gasteiger partial charge in [-0.1, -0.05) is 24.3 Å². The fraction of sp³-hybridized carbons (Fsp3) is 0.320. The lowest BCUT2D eigenvalue weighted by molar-refractivity contribution is -0.189. The minimum Gasteiger partial charge on any atom is -0.462 e. The van der Waals surface area contributed by atoms with Crippen LogP contribution in [-0.4, -0.2) is 88.3 Å². The van der Waals surface area contributed by atoms with Crippen molar-refractivity contribution in [2.24, 2.45) is 0 Å². The van der Waals surface area contributed by atoms with Gasteiger partial charge in [0, 0.05) is 73.0 Å². The summed E-state index contributed by atoms with van der Waals surface area (Å²) in [7, 11) is 0. The Morgan fingerprint density at radius 1 is 0.653 bits per heavy atom. The van der Waals surface area contributed by atoms with Gasteiger partial charge in [-0.05, 0) is 94.9 Å². The van der Waals surface area contributed by atoms with Crippen LogP contribution in [-0.2, 0) is 19.1 Å². The normalized spacial score (nSPS) is 15.4. The number of likely N-dealkylation sites (tertiary alicyclic amines) is 2. The van der Waals surface area contributed by atoms with E-state index in [0.29, 0.717) is 74.7 Å². The van der Waals surface area contributed by atoms with Crippen LogP contribution in [0.1, 0.15) is 68.3 Å². The second kappa shape index (κ2) is 22.3. The zero-order chi connectivity index (χ0) is 51.3. The Hall–Kier alpha value is -6.88. The highest BCUT2D eigenvalue weighted by molar-refractivity contribution is 7.15. The predicted molar refractivity (Wildman–Crippen MR) is 261 cm³/mol. The van der Waals surface area contributed by atoms with Gasteiger partial charge in [-0.2, -0.15) is 0 Å². The summed E-state index contributed by atoms with van der Waals surface area (Å²) in [5.74, 6) is -8.37. The molecule has 2 saturated heterocycles. The molecule has 6 aromatic rings. The van der Waals surface area contributed by atoms with Crippen LogP contribution in [0.5, 0.6) is 0 Å². The molecular formula is C50H48F6N8O6S2. The minimum atomic E-state index is -1.37. The molecule has 0 saturated carbocycles. The minimum absolute atomic E-state index is 0.0738. The van der Waals surface area contributed by atoms with Crippen LogP contribution in [0, 0.1) is 34.9 Å². The number of aromatic nitrogens is 2. The summed E-state index contributed by atoms with van der Waals surface area (Å²) in [6.07, 6.45) is 5.02. The molecule has 1 unspecified atom stereocenters. The van der Waals surface area contributed by atoms with Crippen molar-refractivity contribution < 1.29 is 55.0 Å². The third kappa shape index (κ3) is 12.1. The summed E-state index contributed by atoms with van der Waals surface area (Å²) in [6.45, 7) is 7.40. The number of amides is 4. The largest absolute Gasteiger partial charge is 0.462 e. The SMILES string of the molecule is CCOC(=O)C(OC(=O)C(C)(C)N1CCC(c2ncc(-c3ccc(NC(=O)Nc4cc(F)c(F)cc4F)cc3)s2)CC1)N1CCC(c2ncc(-c3ccc(NC(=O)Nc4c(F)cc(F)cc4F)cc3)s2)CC1. The summed E-state index contributed by atoms with van der Waals surface area (Å²) in [4.78, 5) is 67.2. The summed E-state index contributed by atoms with van der Waals surface area (Å²) in [6, 6.07) is 13.8. The van der Waals surface area contributed by atoms with Crippen molar-refractivity contribution in [2.75, 3.05) is 54.1 Å². The molecule has 72 heavy (non-hydrogen) atoms. The number of nitrogens with one attached hydrogen (secondary N) is 4. The van der Waals surface area contributed by atoms with Crippen molar-refractivity contribution in [1.29, 1.82) is 0 Å². The molecule has 2 aliphatic heterocycles. The number of urea groups is 2. The highest BCUT2D eigenvalue weighted by atomic mass is 32.1. The van der Waals surface area contributed by atoms with Crippen LogP contribution < -0.4 is 21.3 Å². The lowest BCUT2D eigenvalue weighted by Gasteiger charge is -2.42. The van der Waals surface area contributed by atoms with Crippen molar-refractivity contribution in [3.05, 3.63) is 130 Å². The molecule has 2 aliphatic rings. The number of anilines is 4. The molecule has 0 radical (unpaired) electrons. The van der Waals surface area contributed by atoms with Crippen LogP contribution in [0.3, 0.4) is 0 Å². The second-order valence-electron chi connectivity index (χ2n) is 17.6. The first-order valence-corrected chi connectivity index (χ1v) is 24.5. The number of piperidine rings is 2. The number of esters is 2. The van der Waals surface area contributed by atoms with E-state index in [0.717, 1.165) is 43.7 Å². The van der Waals surface area contributed by atoms with Gasteiger partial charge < -0.3 is 30.7 Å². The van der Waals surface area contributed by atoms with Gasteiger partial charge in [0.2, 0.25) is 0 Å². The first-order valence-electron chi connectivity index (χ1n) is 22.9. The van der Waals surface area contributed by atoms with Crippen LogP contribution in [0.25, 0.3) is 20.9 Å². The Balaban J connectivity index is 0.808. The average molecular weight is 1040 g/mol. The first-order chi connectivity index (χ1) is 34.4. The van der Waals surface area contributed by atoms with Gasteiger partial charge in [-0.15, -0.1) is 22.7 Å². The van der Waals surface area contributed by atoms with Crippen LogP contribution in [0.15, 0.2) is 85.2 Å². The van der Waals surface area contributed by atoms with E-state index in [9.17, 15) is 45.5 Å². The molecule has 0 spiro atoms. The lowest BCUT2D eigenvalue weighted by atomic mass is 9.92. The van der Waals surface area contributed by atoms with Gasteiger partial charge in [0.25, 0.3) is 6.23 Å². The fourth-order valence-electron chi connectivity index (χ4n) is 8.42. The number of benzene rings is 4. The van der Waals surface area contributed by atoms with E-state index in [1.807, 2.05) is 4.90 Å². The predicted octanol–water partition coefficient (Wildman–Crippen LogP) is 11.3. The van der Waals surface area contributed by atoms with E-state index in [4.69, 9.17) is 14.5 Å². The van der Waals surface area contributed by atoms with Crippen molar-refractivity contribution in [2.45, 2.75) is 70.1 Å². The van der Waals surface area contributed by atoms with Crippen LogP contribution >= 0.6 is 22.7 Å². The van der Waals surface area contributed by atoms with Gasteiger partial charge in [-0.25, -0.2) is 55.5 Å². The zero-order valence-electron chi connectivity index (χ0n) is 39.0. The van der Waals surface area contributed by atoms with E-state index < -0.39 is 82.0 Å². The van der Waals surface area contributed by atoms with Crippen molar-refractivity contribution >= 4 is 69.4 Å². The molecule has 4 amide bonds. The molecule has 14 nitrogen and oxygen atoms in total. The quantitative estimate of drug-likeness (QED) is 0.0468. The average Bonchev–Trinajstić information content (AvgIpc) is 4.06. The van der Waals surface area contributed by atoms with Crippen LogP contribution in [0.4, 0.5) is 58.7 Å². The van der Waals surface area contributed by atoms with E-state index in [-0.39, 0.29) is 18.4 Å². The summed E-state index contributed by atoms with van der Waals surface area (Å²) in [5, 5.41) is 11.1. The summed E-state index contributed by atoms with van der Waals surface area (Å²) < 4.78 is 93.5. The first kappa shape index (κ1) is 51.5. The molecular weight excluding hydrogens is 987 g/mol. The third-order valence-electron chi connectivity index (χ3n) is 12.5. The maximum Gasteiger partial charge on any atom is 0.363 e. The van der Waals surface area contributed by atoms with Gasteiger partial charge in [0.1, 0.15) is 22.9 Å². The van der Waals surface area contributed by atoms with Crippen molar-refractivity contribution in [3.63, 3.8) is 0 Å². The molecule has 2 fully saturated rings.